The average molecular weight is 274 g/mol. The van der Waals surface area contributed by atoms with Gasteiger partial charge in [0, 0.05) is 13.6 Å². The van der Waals surface area contributed by atoms with Gasteiger partial charge < -0.3 is 4.90 Å². The number of hydrogen-bond acceptors (Lipinski definition) is 2. The summed E-state index contributed by atoms with van der Waals surface area (Å²) in [6.45, 7) is 4.59. The van der Waals surface area contributed by atoms with Crippen molar-refractivity contribution in [2.75, 3.05) is 13.6 Å². The molecule has 3 amide bonds. The van der Waals surface area contributed by atoms with Crippen molar-refractivity contribution in [2.24, 2.45) is 5.92 Å². The van der Waals surface area contributed by atoms with E-state index in [4.69, 9.17) is 0 Å². The maximum Gasteiger partial charge on any atom is 0.327 e. The Morgan fingerprint density at radius 3 is 2.40 bits per heavy atom. The molecule has 1 aliphatic rings. The minimum absolute atomic E-state index is 0.0536. The summed E-state index contributed by atoms with van der Waals surface area (Å²) in [6.07, 6.45) is 1.43. The number of hydrogen-bond donors (Lipinski definition) is 0. The van der Waals surface area contributed by atoms with Gasteiger partial charge in [-0.15, -0.1) is 0 Å². The second-order valence-electron chi connectivity index (χ2n) is 5.76. The van der Waals surface area contributed by atoms with Gasteiger partial charge in [0.2, 0.25) is 0 Å². The third-order valence-corrected chi connectivity index (χ3v) is 3.71. The molecule has 4 nitrogen and oxygen atoms in total. The summed E-state index contributed by atoms with van der Waals surface area (Å²) in [5.74, 6) is 0.343. The SMILES string of the molecule is CC(C)CC1C(=O)N(CCc2ccccc2)C(=O)N1C. The fourth-order valence-electron chi connectivity index (χ4n) is 2.56. The number of carbonyl (C=O) groups is 2. The molecule has 1 atom stereocenters. The van der Waals surface area contributed by atoms with Crippen molar-refractivity contribution in [3.8, 4) is 0 Å². The van der Waals surface area contributed by atoms with E-state index in [9.17, 15) is 9.59 Å². The fraction of sp³-hybridized carbons (Fsp3) is 0.500. The van der Waals surface area contributed by atoms with Crippen molar-refractivity contribution in [2.45, 2.75) is 32.7 Å². The zero-order chi connectivity index (χ0) is 14.7. The number of nitrogens with zero attached hydrogens (tertiary/aromatic N) is 2. The molecule has 4 heteroatoms. The Morgan fingerprint density at radius 2 is 1.80 bits per heavy atom. The van der Waals surface area contributed by atoms with Crippen LogP contribution in [-0.2, 0) is 11.2 Å². The number of carbonyl (C=O) groups excluding carboxylic acids is 2. The lowest BCUT2D eigenvalue weighted by atomic mass is 10.0. The first kappa shape index (κ1) is 14.6. The Kier molecular flexibility index (Phi) is 4.42. The summed E-state index contributed by atoms with van der Waals surface area (Å²) >= 11 is 0. The van der Waals surface area contributed by atoms with E-state index in [-0.39, 0.29) is 18.0 Å². The minimum atomic E-state index is -0.293. The highest BCUT2D eigenvalue weighted by Gasteiger charge is 2.42. The summed E-state index contributed by atoms with van der Waals surface area (Å²) in [7, 11) is 1.72. The molecule has 2 rings (SSSR count). The van der Waals surface area contributed by atoms with Gasteiger partial charge in [-0.3, -0.25) is 9.69 Å². The summed E-state index contributed by atoms with van der Waals surface area (Å²) in [6, 6.07) is 9.46. The van der Waals surface area contributed by atoms with Crippen molar-refractivity contribution >= 4 is 11.9 Å². The van der Waals surface area contributed by atoms with Gasteiger partial charge in [0.15, 0.2) is 0 Å². The number of amides is 3. The molecule has 1 aromatic rings. The van der Waals surface area contributed by atoms with Crippen molar-refractivity contribution in [1.82, 2.24) is 9.80 Å². The Balaban J connectivity index is 2.01. The standard InChI is InChI=1S/C16H22N2O2/c1-12(2)11-14-15(19)18(16(20)17(14)3)10-9-13-7-5-4-6-8-13/h4-8,12,14H,9-11H2,1-3H3. The first-order valence-electron chi connectivity index (χ1n) is 7.12. The highest BCUT2D eigenvalue weighted by molar-refractivity contribution is 6.04. The van der Waals surface area contributed by atoms with Gasteiger partial charge >= 0.3 is 6.03 Å². The lowest BCUT2D eigenvalue weighted by Crippen LogP contribution is -2.33. The van der Waals surface area contributed by atoms with Crippen LogP contribution in [0.1, 0.15) is 25.8 Å². The molecule has 0 radical (unpaired) electrons. The quantitative estimate of drug-likeness (QED) is 0.774. The second kappa shape index (κ2) is 6.07. The largest absolute Gasteiger partial charge is 0.327 e. The molecular weight excluding hydrogens is 252 g/mol. The van der Waals surface area contributed by atoms with Crippen LogP contribution in [0.2, 0.25) is 0 Å². The van der Waals surface area contributed by atoms with E-state index in [0.717, 1.165) is 12.0 Å². The molecule has 1 fully saturated rings. The van der Waals surface area contributed by atoms with E-state index in [1.807, 2.05) is 30.3 Å². The molecule has 0 saturated carbocycles. The van der Waals surface area contributed by atoms with E-state index in [0.29, 0.717) is 18.9 Å². The number of urea groups is 1. The van der Waals surface area contributed by atoms with Crippen molar-refractivity contribution in [3.63, 3.8) is 0 Å². The van der Waals surface area contributed by atoms with Gasteiger partial charge in [-0.05, 0) is 24.3 Å². The van der Waals surface area contributed by atoms with Crippen molar-refractivity contribution in [3.05, 3.63) is 35.9 Å². The lowest BCUT2D eigenvalue weighted by Gasteiger charge is -2.17. The molecule has 0 bridgehead atoms. The van der Waals surface area contributed by atoms with Crippen LogP contribution in [-0.4, -0.2) is 41.4 Å². The Hall–Kier alpha value is -1.84. The van der Waals surface area contributed by atoms with Crippen LogP contribution in [0.4, 0.5) is 4.79 Å². The molecule has 1 unspecified atom stereocenters. The topological polar surface area (TPSA) is 40.6 Å². The van der Waals surface area contributed by atoms with Crippen LogP contribution in [0, 0.1) is 5.92 Å². The third kappa shape index (κ3) is 3.00. The van der Waals surface area contributed by atoms with E-state index < -0.39 is 0 Å². The predicted octanol–water partition coefficient (Wildman–Crippen LogP) is 2.54. The zero-order valence-corrected chi connectivity index (χ0v) is 12.4. The van der Waals surface area contributed by atoms with Gasteiger partial charge in [0.05, 0.1) is 0 Å². The van der Waals surface area contributed by atoms with Gasteiger partial charge in [0.1, 0.15) is 6.04 Å². The minimum Gasteiger partial charge on any atom is -0.315 e. The van der Waals surface area contributed by atoms with E-state index in [1.54, 1.807) is 11.9 Å². The van der Waals surface area contributed by atoms with Crippen molar-refractivity contribution in [1.29, 1.82) is 0 Å². The van der Waals surface area contributed by atoms with E-state index >= 15 is 0 Å². The van der Waals surface area contributed by atoms with Gasteiger partial charge in [-0.2, -0.15) is 0 Å². The fourth-order valence-corrected chi connectivity index (χ4v) is 2.56. The van der Waals surface area contributed by atoms with Crippen LogP contribution in [0.5, 0.6) is 0 Å². The number of imide groups is 1. The highest BCUT2D eigenvalue weighted by atomic mass is 16.2. The number of likely N-dealkylation sites (N-methyl/N-ethyl adjacent to an activating group) is 1. The van der Waals surface area contributed by atoms with Crippen LogP contribution in [0.3, 0.4) is 0 Å². The molecule has 1 saturated heterocycles. The number of rotatable bonds is 5. The van der Waals surface area contributed by atoms with E-state index in [1.165, 1.54) is 4.90 Å². The Labute approximate surface area is 120 Å². The first-order valence-corrected chi connectivity index (χ1v) is 7.12. The molecule has 1 aromatic carbocycles. The maximum atomic E-state index is 12.3. The molecule has 0 spiro atoms. The Morgan fingerprint density at radius 1 is 1.15 bits per heavy atom. The molecule has 1 heterocycles. The van der Waals surface area contributed by atoms with Gasteiger partial charge in [-0.25, -0.2) is 4.79 Å². The third-order valence-electron chi connectivity index (χ3n) is 3.71. The highest BCUT2D eigenvalue weighted by Crippen LogP contribution is 2.21. The summed E-state index contributed by atoms with van der Waals surface area (Å²) in [5.41, 5.74) is 1.14. The van der Waals surface area contributed by atoms with Crippen LogP contribution >= 0.6 is 0 Å². The zero-order valence-electron chi connectivity index (χ0n) is 12.4. The smallest absolute Gasteiger partial charge is 0.315 e. The molecule has 0 aliphatic carbocycles. The molecule has 108 valence electrons. The summed E-state index contributed by atoms with van der Waals surface area (Å²) in [5, 5.41) is 0. The number of benzene rings is 1. The molecule has 1 aliphatic heterocycles. The molecule has 0 aromatic heterocycles. The summed E-state index contributed by atoms with van der Waals surface area (Å²) in [4.78, 5) is 27.5. The molecule has 0 N–H and O–H groups in total. The maximum absolute atomic E-state index is 12.3. The molecule has 20 heavy (non-hydrogen) atoms. The summed E-state index contributed by atoms with van der Waals surface area (Å²) < 4.78 is 0. The van der Waals surface area contributed by atoms with Crippen LogP contribution < -0.4 is 0 Å². The average Bonchev–Trinajstić information content (AvgIpc) is 2.62. The molecular formula is C16H22N2O2. The van der Waals surface area contributed by atoms with Gasteiger partial charge in [-0.1, -0.05) is 44.2 Å². The van der Waals surface area contributed by atoms with Crippen LogP contribution in [0.25, 0.3) is 0 Å². The van der Waals surface area contributed by atoms with Crippen molar-refractivity contribution < 1.29 is 9.59 Å². The predicted molar refractivity (Wildman–Crippen MR) is 78.3 cm³/mol. The van der Waals surface area contributed by atoms with Gasteiger partial charge in [0.25, 0.3) is 5.91 Å². The first-order chi connectivity index (χ1) is 9.50. The Bertz CT molecular complexity index is 485. The lowest BCUT2D eigenvalue weighted by molar-refractivity contribution is -0.128. The van der Waals surface area contributed by atoms with Crippen LogP contribution in [0.15, 0.2) is 30.3 Å². The normalized spacial score (nSPS) is 19.3. The monoisotopic (exact) mass is 274 g/mol. The van der Waals surface area contributed by atoms with E-state index in [2.05, 4.69) is 13.8 Å². The second-order valence-corrected chi connectivity index (χ2v) is 5.76.